The number of aromatic nitrogens is 1. The van der Waals surface area contributed by atoms with Crippen LogP contribution >= 0.6 is 12.2 Å². The van der Waals surface area contributed by atoms with Crippen molar-refractivity contribution in [3.8, 4) is 0 Å². The fourth-order valence-electron chi connectivity index (χ4n) is 2.64. The number of hydrogen-bond acceptors (Lipinski definition) is 4. The van der Waals surface area contributed by atoms with Gasteiger partial charge in [0.1, 0.15) is 15.6 Å². The fourth-order valence-corrected chi connectivity index (χ4v) is 4.85. The Balaban J connectivity index is 2.48. The summed E-state index contributed by atoms with van der Waals surface area (Å²) in [6, 6.07) is 3.14. The first-order valence-electron chi connectivity index (χ1n) is 6.62. The van der Waals surface area contributed by atoms with Gasteiger partial charge in [0.05, 0.1) is 0 Å². The van der Waals surface area contributed by atoms with E-state index in [1.807, 2.05) is 13.8 Å². The minimum Gasteiger partial charge on any atom is -0.388 e. The molecule has 1 aliphatic rings. The van der Waals surface area contributed by atoms with E-state index in [-0.39, 0.29) is 27.5 Å². The summed E-state index contributed by atoms with van der Waals surface area (Å²) in [6.45, 7) is 4.61. The molecule has 1 fully saturated rings. The van der Waals surface area contributed by atoms with Crippen LogP contribution in [0.2, 0.25) is 0 Å². The van der Waals surface area contributed by atoms with E-state index in [4.69, 9.17) is 18.0 Å². The van der Waals surface area contributed by atoms with Crippen molar-refractivity contribution in [1.29, 1.82) is 0 Å². The van der Waals surface area contributed by atoms with Crippen LogP contribution in [0.15, 0.2) is 23.2 Å². The average molecular weight is 313 g/mol. The number of rotatable bonds is 4. The van der Waals surface area contributed by atoms with Crippen molar-refractivity contribution in [2.75, 3.05) is 6.54 Å². The molecule has 1 saturated heterocycles. The topological polar surface area (TPSA) is 76.3 Å². The van der Waals surface area contributed by atoms with E-state index in [0.717, 1.165) is 12.8 Å². The van der Waals surface area contributed by atoms with E-state index in [1.165, 1.54) is 12.3 Å². The summed E-state index contributed by atoms with van der Waals surface area (Å²) >= 11 is 4.91. The number of hydrogen-bond donors (Lipinski definition) is 1. The molecule has 2 heterocycles. The Hall–Kier alpha value is -1.05. The molecule has 110 valence electrons. The predicted octanol–water partition coefficient (Wildman–Crippen LogP) is 1.52. The third-order valence-corrected chi connectivity index (χ3v) is 5.76. The molecular formula is C13H19N3O2S2. The Kier molecular flexibility index (Phi) is 4.41. The third-order valence-electron chi connectivity index (χ3n) is 3.61. The molecule has 1 aromatic rings. The van der Waals surface area contributed by atoms with Crippen molar-refractivity contribution < 1.29 is 8.42 Å². The van der Waals surface area contributed by atoms with Crippen molar-refractivity contribution in [3.05, 3.63) is 24.0 Å². The van der Waals surface area contributed by atoms with Crippen LogP contribution in [0.5, 0.6) is 0 Å². The van der Waals surface area contributed by atoms with E-state index >= 15 is 0 Å². The first kappa shape index (κ1) is 15.3. The van der Waals surface area contributed by atoms with Crippen LogP contribution in [0.4, 0.5) is 0 Å². The fraction of sp³-hybridized carbons (Fsp3) is 0.538. The van der Waals surface area contributed by atoms with Crippen LogP contribution in [-0.2, 0) is 10.0 Å². The number of nitrogens with zero attached hydrogens (tertiary/aromatic N) is 2. The molecule has 0 saturated carbocycles. The normalized spacial score (nSPS) is 20.4. The maximum Gasteiger partial charge on any atom is 0.245 e. The molecule has 2 N–H and O–H groups in total. The summed E-state index contributed by atoms with van der Waals surface area (Å²) in [7, 11) is -3.61. The van der Waals surface area contributed by atoms with E-state index in [0.29, 0.717) is 6.54 Å². The van der Waals surface area contributed by atoms with Gasteiger partial charge in [0.15, 0.2) is 0 Å². The molecule has 0 spiro atoms. The van der Waals surface area contributed by atoms with Gasteiger partial charge in [-0.1, -0.05) is 26.1 Å². The molecule has 1 atom stereocenters. The van der Waals surface area contributed by atoms with Gasteiger partial charge in [0.25, 0.3) is 0 Å². The Morgan fingerprint density at radius 3 is 2.85 bits per heavy atom. The quantitative estimate of drug-likeness (QED) is 0.853. The highest BCUT2D eigenvalue weighted by Gasteiger charge is 2.38. The zero-order valence-corrected chi connectivity index (χ0v) is 13.2. The van der Waals surface area contributed by atoms with Crippen molar-refractivity contribution in [1.82, 2.24) is 9.29 Å². The molecule has 0 radical (unpaired) electrons. The summed E-state index contributed by atoms with van der Waals surface area (Å²) in [4.78, 5) is 4.13. The van der Waals surface area contributed by atoms with Gasteiger partial charge in [-0.3, -0.25) is 4.98 Å². The number of sulfonamides is 1. The number of thiocarbonyl (C=S) groups is 1. The van der Waals surface area contributed by atoms with Gasteiger partial charge in [0.2, 0.25) is 10.0 Å². The van der Waals surface area contributed by atoms with Crippen LogP contribution in [0.25, 0.3) is 0 Å². The second kappa shape index (κ2) is 5.75. The molecule has 1 unspecified atom stereocenters. The summed E-state index contributed by atoms with van der Waals surface area (Å²) in [5.74, 6) is 0.275. The minimum absolute atomic E-state index is 0.00414. The van der Waals surface area contributed by atoms with Gasteiger partial charge in [-0.05, 0) is 30.9 Å². The van der Waals surface area contributed by atoms with Crippen LogP contribution in [-0.4, -0.2) is 35.3 Å². The largest absolute Gasteiger partial charge is 0.388 e. The van der Waals surface area contributed by atoms with E-state index < -0.39 is 10.0 Å². The Labute approximate surface area is 125 Å². The highest BCUT2D eigenvalue weighted by Crippen LogP contribution is 2.30. The zero-order valence-electron chi connectivity index (χ0n) is 11.6. The summed E-state index contributed by atoms with van der Waals surface area (Å²) in [5, 5.41) is 0. The monoisotopic (exact) mass is 313 g/mol. The first-order valence-corrected chi connectivity index (χ1v) is 8.47. The average Bonchev–Trinajstić information content (AvgIpc) is 2.88. The molecule has 7 heteroatoms. The van der Waals surface area contributed by atoms with Gasteiger partial charge in [-0.25, -0.2) is 8.42 Å². The Bertz CT molecular complexity index is 614. The molecule has 0 amide bonds. The van der Waals surface area contributed by atoms with Crippen LogP contribution < -0.4 is 5.73 Å². The Morgan fingerprint density at radius 2 is 2.25 bits per heavy atom. The third kappa shape index (κ3) is 2.70. The number of pyridine rings is 1. The summed E-state index contributed by atoms with van der Waals surface area (Å²) in [6.07, 6.45) is 3.27. The zero-order chi connectivity index (χ0) is 14.9. The lowest BCUT2D eigenvalue weighted by atomic mass is 10.0. The Morgan fingerprint density at radius 1 is 1.55 bits per heavy atom. The SMILES string of the molecule is CC(C)C1CCCN1S(=O)(=O)c1cccnc1C(N)=S. The predicted molar refractivity (Wildman–Crippen MR) is 81.9 cm³/mol. The lowest BCUT2D eigenvalue weighted by molar-refractivity contribution is 0.315. The molecule has 1 aliphatic heterocycles. The van der Waals surface area contributed by atoms with Gasteiger partial charge >= 0.3 is 0 Å². The van der Waals surface area contributed by atoms with Crippen molar-refractivity contribution >= 4 is 27.2 Å². The molecule has 0 aromatic carbocycles. The first-order chi connectivity index (χ1) is 9.35. The molecule has 5 nitrogen and oxygen atoms in total. The molecule has 2 rings (SSSR count). The van der Waals surface area contributed by atoms with Crippen molar-refractivity contribution in [2.24, 2.45) is 11.7 Å². The van der Waals surface area contributed by atoms with Gasteiger partial charge in [0, 0.05) is 18.8 Å². The van der Waals surface area contributed by atoms with E-state index in [1.54, 1.807) is 10.4 Å². The van der Waals surface area contributed by atoms with Crippen molar-refractivity contribution in [2.45, 2.75) is 37.6 Å². The van der Waals surface area contributed by atoms with E-state index in [9.17, 15) is 8.42 Å². The highest BCUT2D eigenvalue weighted by molar-refractivity contribution is 7.89. The van der Waals surface area contributed by atoms with E-state index in [2.05, 4.69) is 4.98 Å². The molecule has 1 aromatic heterocycles. The van der Waals surface area contributed by atoms with Gasteiger partial charge in [-0.2, -0.15) is 4.31 Å². The van der Waals surface area contributed by atoms with Crippen LogP contribution in [0.3, 0.4) is 0 Å². The molecular weight excluding hydrogens is 294 g/mol. The highest BCUT2D eigenvalue weighted by atomic mass is 32.2. The lowest BCUT2D eigenvalue weighted by Crippen LogP contribution is -2.39. The summed E-state index contributed by atoms with van der Waals surface area (Å²) < 4.78 is 27.3. The maximum atomic E-state index is 12.8. The van der Waals surface area contributed by atoms with Crippen LogP contribution in [0.1, 0.15) is 32.4 Å². The number of nitrogens with two attached hydrogens (primary N) is 1. The molecule has 20 heavy (non-hydrogen) atoms. The molecule has 0 aliphatic carbocycles. The second-order valence-corrected chi connectivity index (χ2v) is 7.58. The minimum atomic E-state index is -3.61. The smallest absolute Gasteiger partial charge is 0.245 e. The lowest BCUT2D eigenvalue weighted by Gasteiger charge is -2.27. The van der Waals surface area contributed by atoms with Crippen molar-refractivity contribution in [3.63, 3.8) is 0 Å². The summed E-state index contributed by atoms with van der Waals surface area (Å²) in [5.41, 5.74) is 5.77. The standard InChI is InChI=1S/C13H19N3O2S2/c1-9(2)10-5-4-8-16(10)20(17,18)11-6-3-7-15-12(11)13(14)19/h3,6-7,9-10H,4-5,8H2,1-2H3,(H2,14,19). The van der Waals surface area contributed by atoms with Crippen LogP contribution in [0, 0.1) is 5.92 Å². The maximum absolute atomic E-state index is 12.8. The van der Waals surface area contributed by atoms with Gasteiger partial charge in [-0.15, -0.1) is 0 Å². The molecule has 0 bridgehead atoms. The second-order valence-electron chi connectivity index (χ2n) is 5.28. The van der Waals surface area contributed by atoms with Gasteiger partial charge < -0.3 is 5.73 Å².